The van der Waals surface area contributed by atoms with E-state index in [-0.39, 0.29) is 18.3 Å². The molecule has 6 heteroatoms. The fourth-order valence-corrected chi connectivity index (χ4v) is 2.26. The molecule has 2 aromatic carbocycles. The van der Waals surface area contributed by atoms with Crippen molar-refractivity contribution in [3.8, 4) is 0 Å². The van der Waals surface area contributed by atoms with Crippen molar-refractivity contribution in [3.05, 3.63) is 64.9 Å². The number of halogens is 2. The Morgan fingerprint density at radius 3 is 2.50 bits per heavy atom. The number of hydrogen-bond donors (Lipinski definition) is 1. The molecule has 0 aromatic heterocycles. The molecule has 0 spiro atoms. The summed E-state index contributed by atoms with van der Waals surface area (Å²) in [4.78, 5) is 17.7. The Labute approximate surface area is 132 Å². The minimum Gasteiger partial charge on any atom is -0.326 e. The molecule has 0 atom stereocenters. The molecule has 1 heterocycles. The summed E-state index contributed by atoms with van der Waals surface area (Å²) in [5, 5.41) is 3.74. The molecule has 0 unspecified atom stereocenters. The quantitative estimate of drug-likeness (QED) is 0.944. The van der Waals surface area contributed by atoms with E-state index in [2.05, 4.69) is 10.3 Å². The van der Waals surface area contributed by atoms with Gasteiger partial charge in [0.05, 0.1) is 6.54 Å². The van der Waals surface area contributed by atoms with Crippen molar-refractivity contribution in [1.29, 1.82) is 0 Å². The van der Waals surface area contributed by atoms with Crippen LogP contribution in [0.15, 0.2) is 53.5 Å². The summed E-state index contributed by atoms with van der Waals surface area (Å²) in [7, 11) is 0. The highest BCUT2D eigenvalue weighted by atomic mass is 35.5. The van der Waals surface area contributed by atoms with Crippen molar-refractivity contribution in [1.82, 2.24) is 4.90 Å². The zero-order valence-electron chi connectivity index (χ0n) is 11.6. The van der Waals surface area contributed by atoms with E-state index in [1.54, 1.807) is 29.2 Å². The first-order chi connectivity index (χ1) is 10.6. The molecule has 22 heavy (non-hydrogen) atoms. The van der Waals surface area contributed by atoms with Crippen LogP contribution < -0.4 is 5.32 Å². The van der Waals surface area contributed by atoms with Gasteiger partial charge in [-0.2, -0.15) is 0 Å². The molecule has 0 aliphatic carbocycles. The molecule has 2 aromatic rings. The highest BCUT2D eigenvalue weighted by Crippen LogP contribution is 2.17. The number of carbonyl (C=O) groups excluding carboxylic acids is 1. The summed E-state index contributed by atoms with van der Waals surface area (Å²) >= 11 is 5.85. The molecule has 0 radical (unpaired) electrons. The van der Waals surface area contributed by atoms with Crippen molar-refractivity contribution in [2.24, 2.45) is 4.99 Å². The molecule has 3 rings (SSSR count). The fourth-order valence-electron chi connectivity index (χ4n) is 2.14. The molecular weight excluding hydrogens is 305 g/mol. The number of guanidine groups is 1. The molecule has 0 bridgehead atoms. The van der Waals surface area contributed by atoms with Crippen molar-refractivity contribution >= 4 is 29.2 Å². The van der Waals surface area contributed by atoms with Crippen LogP contribution in [0.3, 0.4) is 0 Å². The third-order valence-electron chi connectivity index (χ3n) is 3.28. The van der Waals surface area contributed by atoms with E-state index in [0.29, 0.717) is 17.5 Å². The van der Waals surface area contributed by atoms with Gasteiger partial charge in [-0.1, -0.05) is 23.7 Å². The summed E-state index contributed by atoms with van der Waals surface area (Å²) in [5.74, 6) is 0.0853. The van der Waals surface area contributed by atoms with Crippen molar-refractivity contribution in [2.45, 2.75) is 6.54 Å². The number of hydrogen-bond acceptors (Lipinski definition) is 3. The summed E-state index contributed by atoms with van der Waals surface area (Å²) in [6, 6.07) is 13.2. The molecule has 0 saturated carbocycles. The summed E-state index contributed by atoms with van der Waals surface area (Å²) < 4.78 is 12.9. The van der Waals surface area contributed by atoms with E-state index in [0.717, 1.165) is 11.3 Å². The number of carbonyl (C=O) groups is 1. The van der Waals surface area contributed by atoms with Crippen LogP contribution in [-0.4, -0.2) is 23.3 Å². The first-order valence-electron chi connectivity index (χ1n) is 6.74. The molecule has 4 nitrogen and oxygen atoms in total. The van der Waals surface area contributed by atoms with Crippen molar-refractivity contribution in [3.63, 3.8) is 0 Å². The van der Waals surface area contributed by atoms with Gasteiger partial charge >= 0.3 is 0 Å². The van der Waals surface area contributed by atoms with Crippen LogP contribution in [0.4, 0.5) is 10.1 Å². The van der Waals surface area contributed by atoms with Gasteiger partial charge in [0.15, 0.2) is 0 Å². The Morgan fingerprint density at radius 1 is 1.14 bits per heavy atom. The SMILES string of the molecule is O=C1CN=C(Nc2ccc(Cl)cc2)N1Cc1ccc(F)cc1. The summed E-state index contributed by atoms with van der Waals surface area (Å²) in [6.45, 7) is 0.454. The van der Waals surface area contributed by atoms with E-state index in [1.165, 1.54) is 12.1 Å². The van der Waals surface area contributed by atoms with Crippen LogP contribution in [0.2, 0.25) is 5.02 Å². The number of nitrogens with zero attached hydrogens (tertiary/aromatic N) is 2. The maximum Gasteiger partial charge on any atom is 0.251 e. The molecule has 1 amide bonds. The maximum atomic E-state index is 12.9. The van der Waals surface area contributed by atoms with Crippen LogP contribution in [0, 0.1) is 5.82 Å². The minimum atomic E-state index is -0.301. The van der Waals surface area contributed by atoms with E-state index in [1.807, 2.05) is 12.1 Å². The van der Waals surface area contributed by atoms with Crippen molar-refractivity contribution < 1.29 is 9.18 Å². The van der Waals surface area contributed by atoms with E-state index < -0.39 is 0 Å². The number of benzene rings is 2. The predicted octanol–water partition coefficient (Wildman–Crippen LogP) is 3.29. The maximum absolute atomic E-state index is 12.9. The molecular formula is C16H13ClFN3O. The number of rotatable bonds is 3. The average Bonchev–Trinajstić information content (AvgIpc) is 2.85. The number of amides is 1. The van der Waals surface area contributed by atoms with Gasteiger partial charge < -0.3 is 5.32 Å². The standard InChI is InChI=1S/C16H13ClFN3O/c17-12-3-7-14(8-4-12)20-16-19-9-15(22)21(16)10-11-1-5-13(18)6-2-11/h1-8H,9-10H2,(H,19,20). The first-order valence-corrected chi connectivity index (χ1v) is 7.11. The van der Waals surface area contributed by atoms with Crippen LogP contribution in [0.1, 0.15) is 5.56 Å². The van der Waals surface area contributed by atoms with Gasteiger partial charge in [0.2, 0.25) is 5.96 Å². The summed E-state index contributed by atoms with van der Waals surface area (Å²) in [5.41, 5.74) is 1.63. The molecule has 0 fully saturated rings. The monoisotopic (exact) mass is 317 g/mol. The number of nitrogens with one attached hydrogen (secondary N) is 1. The first kappa shape index (κ1) is 14.5. The van der Waals surface area contributed by atoms with E-state index >= 15 is 0 Å². The lowest BCUT2D eigenvalue weighted by atomic mass is 10.2. The average molecular weight is 318 g/mol. The molecule has 112 valence electrons. The Bertz CT molecular complexity index is 713. The topological polar surface area (TPSA) is 44.7 Å². The van der Waals surface area contributed by atoms with Crippen molar-refractivity contribution in [2.75, 3.05) is 11.9 Å². The fraction of sp³-hybridized carbons (Fsp3) is 0.125. The molecule has 1 aliphatic rings. The highest BCUT2D eigenvalue weighted by molar-refractivity contribution is 6.30. The second kappa shape index (κ2) is 6.15. The van der Waals surface area contributed by atoms with Crippen LogP contribution >= 0.6 is 11.6 Å². The number of aliphatic imine (C=N–C) groups is 1. The van der Waals surface area contributed by atoms with Gasteiger partial charge in [0, 0.05) is 10.7 Å². The zero-order valence-corrected chi connectivity index (χ0v) is 12.3. The Hall–Kier alpha value is -2.40. The number of anilines is 1. The predicted molar refractivity (Wildman–Crippen MR) is 84.3 cm³/mol. The lowest BCUT2D eigenvalue weighted by Gasteiger charge is -2.19. The van der Waals surface area contributed by atoms with Gasteiger partial charge in [-0.15, -0.1) is 0 Å². The normalized spacial score (nSPS) is 14.2. The smallest absolute Gasteiger partial charge is 0.251 e. The van der Waals surface area contributed by atoms with E-state index in [9.17, 15) is 9.18 Å². The van der Waals surface area contributed by atoms with E-state index in [4.69, 9.17) is 11.6 Å². The second-order valence-corrected chi connectivity index (χ2v) is 5.31. The third kappa shape index (κ3) is 3.26. The molecule has 1 aliphatic heterocycles. The van der Waals surface area contributed by atoms with Gasteiger partial charge in [0.1, 0.15) is 12.4 Å². The Kier molecular flexibility index (Phi) is 4.06. The van der Waals surface area contributed by atoms with Gasteiger partial charge in [-0.25, -0.2) is 9.38 Å². The largest absolute Gasteiger partial charge is 0.326 e. The van der Waals surface area contributed by atoms with Gasteiger partial charge in [-0.05, 0) is 42.0 Å². The zero-order chi connectivity index (χ0) is 15.5. The third-order valence-corrected chi connectivity index (χ3v) is 3.53. The lowest BCUT2D eigenvalue weighted by molar-refractivity contribution is -0.125. The molecule has 1 N–H and O–H groups in total. The minimum absolute atomic E-state index is 0.0965. The van der Waals surface area contributed by atoms with Crippen LogP contribution in [0.25, 0.3) is 0 Å². The second-order valence-electron chi connectivity index (χ2n) is 4.88. The molecule has 0 saturated heterocycles. The Morgan fingerprint density at radius 2 is 1.82 bits per heavy atom. The Balaban J connectivity index is 1.74. The summed E-state index contributed by atoms with van der Waals surface area (Å²) in [6.07, 6.45) is 0. The van der Waals surface area contributed by atoms with Gasteiger partial charge in [0.25, 0.3) is 5.91 Å². The highest BCUT2D eigenvalue weighted by Gasteiger charge is 2.25. The van der Waals surface area contributed by atoms with Crippen LogP contribution in [0.5, 0.6) is 0 Å². The van der Waals surface area contributed by atoms with Crippen LogP contribution in [-0.2, 0) is 11.3 Å². The van der Waals surface area contributed by atoms with Gasteiger partial charge in [-0.3, -0.25) is 9.69 Å². The lowest BCUT2D eigenvalue weighted by Crippen LogP contribution is -2.36.